The molecule has 0 amide bonds. The molecule has 0 bridgehead atoms. The summed E-state index contributed by atoms with van der Waals surface area (Å²) >= 11 is 0. The zero-order chi connectivity index (χ0) is 9.19. The average Bonchev–Trinajstić information content (AvgIpc) is 2.06. The fraction of sp³-hybridized carbons (Fsp3) is 1.00. The number of nitrogens with one attached hydrogen (secondary N) is 2. The molecule has 0 radical (unpaired) electrons. The zero-order valence-corrected chi connectivity index (χ0v) is 8.22. The van der Waals surface area contributed by atoms with E-state index in [9.17, 15) is 5.11 Å². The molecule has 1 aliphatic rings. The molecule has 1 aliphatic heterocycles. The Labute approximate surface area is 74.5 Å². The van der Waals surface area contributed by atoms with Crippen LogP contribution in [0.5, 0.6) is 0 Å². The Bertz CT molecular complexity index is 139. The first-order valence-corrected chi connectivity index (χ1v) is 4.71. The van der Waals surface area contributed by atoms with Crippen molar-refractivity contribution in [1.82, 2.24) is 10.6 Å². The van der Waals surface area contributed by atoms with E-state index < -0.39 is 5.60 Å². The Morgan fingerprint density at radius 3 is 2.50 bits per heavy atom. The maximum absolute atomic E-state index is 10.1. The molecule has 12 heavy (non-hydrogen) atoms. The van der Waals surface area contributed by atoms with Gasteiger partial charge in [0.2, 0.25) is 0 Å². The molecular formula is C9H20N2O. The standard InChI is InChI=1S/C9H20N2O/c1-7(2)9(3,12)8-6-10-4-5-11-8/h7-8,10-12H,4-6H2,1-3H3/t8?,9-/m1/s1. The van der Waals surface area contributed by atoms with E-state index in [2.05, 4.69) is 24.5 Å². The third-order valence-electron chi connectivity index (χ3n) is 2.92. The molecule has 1 unspecified atom stereocenters. The monoisotopic (exact) mass is 172 g/mol. The topological polar surface area (TPSA) is 44.3 Å². The minimum atomic E-state index is -0.604. The third kappa shape index (κ3) is 1.97. The van der Waals surface area contributed by atoms with Crippen LogP contribution in [0, 0.1) is 5.92 Å². The van der Waals surface area contributed by atoms with Gasteiger partial charge in [-0.2, -0.15) is 0 Å². The van der Waals surface area contributed by atoms with Crippen LogP contribution in [-0.4, -0.2) is 36.4 Å². The molecule has 0 aromatic heterocycles. The molecule has 0 aliphatic carbocycles. The summed E-state index contributed by atoms with van der Waals surface area (Å²) in [6.45, 7) is 8.83. The summed E-state index contributed by atoms with van der Waals surface area (Å²) in [7, 11) is 0. The highest BCUT2D eigenvalue weighted by Crippen LogP contribution is 2.20. The Morgan fingerprint density at radius 1 is 1.42 bits per heavy atom. The van der Waals surface area contributed by atoms with E-state index in [0.29, 0.717) is 0 Å². The molecule has 0 aromatic carbocycles. The lowest BCUT2D eigenvalue weighted by Crippen LogP contribution is -2.61. The van der Waals surface area contributed by atoms with E-state index in [-0.39, 0.29) is 12.0 Å². The Morgan fingerprint density at radius 2 is 2.08 bits per heavy atom. The van der Waals surface area contributed by atoms with Crippen molar-refractivity contribution in [3.63, 3.8) is 0 Å². The van der Waals surface area contributed by atoms with Crippen molar-refractivity contribution in [2.75, 3.05) is 19.6 Å². The van der Waals surface area contributed by atoms with Gasteiger partial charge < -0.3 is 15.7 Å². The molecule has 0 aromatic rings. The molecular weight excluding hydrogens is 152 g/mol. The molecule has 1 heterocycles. The Balaban J connectivity index is 2.53. The van der Waals surface area contributed by atoms with Crippen LogP contribution in [0.4, 0.5) is 0 Å². The molecule has 3 heteroatoms. The summed E-state index contributed by atoms with van der Waals surface area (Å²) in [6, 6.07) is 0.186. The van der Waals surface area contributed by atoms with Gasteiger partial charge in [-0.15, -0.1) is 0 Å². The van der Waals surface area contributed by atoms with Crippen molar-refractivity contribution in [2.45, 2.75) is 32.4 Å². The highest BCUT2D eigenvalue weighted by atomic mass is 16.3. The third-order valence-corrected chi connectivity index (χ3v) is 2.92. The molecule has 2 atom stereocenters. The van der Waals surface area contributed by atoms with Crippen LogP contribution in [0.1, 0.15) is 20.8 Å². The minimum Gasteiger partial charge on any atom is -0.388 e. The number of hydrogen-bond donors (Lipinski definition) is 3. The van der Waals surface area contributed by atoms with Crippen molar-refractivity contribution < 1.29 is 5.11 Å². The van der Waals surface area contributed by atoms with E-state index in [0.717, 1.165) is 19.6 Å². The predicted octanol–water partition coefficient (Wildman–Crippen LogP) is -0.0452. The van der Waals surface area contributed by atoms with Crippen LogP contribution in [0.2, 0.25) is 0 Å². The second kappa shape index (κ2) is 3.73. The first kappa shape index (κ1) is 9.96. The quantitative estimate of drug-likeness (QED) is 0.547. The van der Waals surface area contributed by atoms with Crippen LogP contribution in [0.3, 0.4) is 0 Å². The van der Waals surface area contributed by atoms with Gasteiger partial charge in [0.1, 0.15) is 0 Å². The molecule has 0 spiro atoms. The van der Waals surface area contributed by atoms with Crippen LogP contribution in [-0.2, 0) is 0 Å². The Hall–Kier alpha value is -0.120. The molecule has 72 valence electrons. The summed E-state index contributed by atoms with van der Waals surface area (Å²) < 4.78 is 0. The number of hydrogen-bond acceptors (Lipinski definition) is 3. The molecule has 3 nitrogen and oxygen atoms in total. The van der Waals surface area contributed by atoms with Gasteiger partial charge in [-0.25, -0.2) is 0 Å². The average molecular weight is 172 g/mol. The lowest BCUT2D eigenvalue weighted by atomic mass is 9.84. The van der Waals surface area contributed by atoms with Crippen molar-refractivity contribution in [3.05, 3.63) is 0 Å². The maximum atomic E-state index is 10.1. The maximum Gasteiger partial charge on any atom is 0.0807 e. The first-order valence-electron chi connectivity index (χ1n) is 4.71. The predicted molar refractivity (Wildman–Crippen MR) is 50.1 cm³/mol. The van der Waals surface area contributed by atoms with Gasteiger partial charge in [0.25, 0.3) is 0 Å². The van der Waals surface area contributed by atoms with Gasteiger partial charge in [0.15, 0.2) is 0 Å². The lowest BCUT2D eigenvalue weighted by molar-refractivity contribution is -0.0258. The summed E-state index contributed by atoms with van der Waals surface area (Å²) in [4.78, 5) is 0. The highest BCUT2D eigenvalue weighted by molar-refractivity contribution is 4.93. The smallest absolute Gasteiger partial charge is 0.0807 e. The zero-order valence-electron chi connectivity index (χ0n) is 8.22. The fourth-order valence-corrected chi connectivity index (χ4v) is 1.47. The molecule has 1 rings (SSSR count). The highest BCUT2D eigenvalue weighted by Gasteiger charge is 2.35. The van der Waals surface area contributed by atoms with Gasteiger partial charge in [0, 0.05) is 25.7 Å². The van der Waals surface area contributed by atoms with E-state index >= 15 is 0 Å². The van der Waals surface area contributed by atoms with Gasteiger partial charge in [0.05, 0.1) is 5.60 Å². The molecule has 1 saturated heterocycles. The van der Waals surface area contributed by atoms with Crippen molar-refractivity contribution in [1.29, 1.82) is 0 Å². The molecule has 3 N–H and O–H groups in total. The van der Waals surface area contributed by atoms with E-state index in [4.69, 9.17) is 0 Å². The van der Waals surface area contributed by atoms with Crippen LogP contribution < -0.4 is 10.6 Å². The summed E-state index contributed by atoms with van der Waals surface area (Å²) in [5.74, 6) is 0.287. The van der Waals surface area contributed by atoms with E-state index in [1.54, 1.807) is 0 Å². The minimum absolute atomic E-state index is 0.186. The van der Waals surface area contributed by atoms with Gasteiger partial charge in [-0.1, -0.05) is 13.8 Å². The first-order chi connectivity index (χ1) is 5.55. The van der Waals surface area contributed by atoms with E-state index in [1.807, 2.05) is 6.92 Å². The second-order valence-corrected chi connectivity index (χ2v) is 4.09. The molecule has 0 saturated carbocycles. The normalized spacial score (nSPS) is 30.2. The second-order valence-electron chi connectivity index (χ2n) is 4.09. The van der Waals surface area contributed by atoms with Crippen molar-refractivity contribution >= 4 is 0 Å². The van der Waals surface area contributed by atoms with Crippen LogP contribution in [0.15, 0.2) is 0 Å². The largest absolute Gasteiger partial charge is 0.388 e. The van der Waals surface area contributed by atoms with Crippen molar-refractivity contribution in [3.8, 4) is 0 Å². The van der Waals surface area contributed by atoms with Gasteiger partial charge in [-0.3, -0.25) is 0 Å². The summed E-state index contributed by atoms with van der Waals surface area (Å²) in [5.41, 5.74) is -0.604. The lowest BCUT2D eigenvalue weighted by Gasteiger charge is -2.39. The van der Waals surface area contributed by atoms with Gasteiger partial charge in [-0.05, 0) is 12.8 Å². The Kier molecular flexibility index (Phi) is 3.09. The number of rotatable bonds is 2. The summed E-state index contributed by atoms with van der Waals surface area (Å²) in [5, 5.41) is 16.7. The van der Waals surface area contributed by atoms with Crippen LogP contribution in [0.25, 0.3) is 0 Å². The number of piperazine rings is 1. The fourth-order valence-electron chi connectivity index (χ4n) is 1.47. The van der Waals surface area contributed by atoms with Crippen molar-refractivity contribution in [2.24, 2.45) is 5.92 Å². The van der Waals surface area contributed by atoms with E-state index in [1.165, 1.54) is 0 Å². The summed E-state index contributed by atoms with van der Waals surface area (Å²) in [6.07, 6.45) is 0. The van der Waals surface area contributed by atoms with Crippen LogP contribution >= 0.6 is 0 Å². The number of aliphatic hydroxyl groups is 1. The van der Waals surface area contributed by atoms with Gasteiger partial charge >= 0.3 is 0 Å². The molecule has 1 fully saturated rings. The SMILES string of the molecule is CC(C)[C@@](C)(O)C1CNCCN1.